The Hall–Kier alpha value is -1.51. The van der Waals surface area contributed by atoms with E-state index in [0.29, 0.717) is 5.69 Å². The summed E-state index contributed by atoms with van der Waals surface area (Å²) in [6.45, 7) is 8.16. The lowest BCUT2D eigenvalue weighted by atomic mass is 9.93. The van der Waals surface area contributed by atoms with Gasteiger partial charge in [-0.15, -0.1) is 11.3 Å². The summed E-state index contributed by atoms with van der Waals surface area (Å²) in [5, 5.41) is 12.4. The van der Waals surface area contributed by atoms with Crippen molar-refractivity contribution in [2.24, 2.45) is 0 Å². The molecule has 0 saturated carbocycles. The van der Waals surface area contributed by atoms with Gasteiger partial charge in [-0.05, 0) is 24.1 Å². The first-order valence-electron chi connectivity index (χ1n) is 6.17. The second-order valence-electron chi connectivity index (χ2n) is 5.59. The average Bonchev–Trinajstić information content (AvgIpc) is 2.84. The van der Waals surface area contributed by atoms with E-state index in [1.54, 1.807) is 6.20 Å². The highest BCUT2D eigenvalue weighted by Gasteiger charge is 2.24. The molecule has 20 heavy (non-hydrogen) atoms. The minimum Gasteiger partial charge on any atom is -0.244 e. The molecule has 0 saturated heterocycles. The minimum atomic E-state index is -0.503. The number of nitriles is 1. The molecule has 104 valence electrons. The van der Waals surface area contributed by atoms with E-state index in [-0.39, 0.29) is 10.7 Å². The molecule has 0 bridgehead atoms. The Balaban J connectivity index is 2.46. The second-order valence-corrected chi connectivity index (χ2v) is 6.82. The molecule has 2 rings (SSSR count). The van der Waals surface area contributed by atoms with E-state index in [0.717, 1.165) is 16.3 Å². The van der Waals surface area contributed by atoms with Crippen LogP contribution in [-0.4, -0.2) is 15.0 Å². The van der Waals surface area contributed by atoms with Crippen LogP contribution in [0.2, 0.25) is 5.28 Å². The van der Waals surface area contributed by atoms with Crippen molar-refractivity contribution in [1.82, 2.24) is 15.0 Å². The van der Waals surface area contributed by atoms with Crippen LogP contribution < -0.4 is 0 Å². The Bertz CT molecular complexity index is 667. The van der Waals surface area contributed by atoms with Gasteiger partial charge in [-0.2, -0.15) is 5.26 Å². The summed E-state index contributed by atoms with van der Waals surface area (Å²) in [7, 11) is 0. The zero-order valence-corrected chi connectivity index (χ0v) is 13.4. The highest BCUT2D eigenvalue weighted by Crippen LogP contribution is 2.31. The summed E-state index contributed by atoms with van der Waals surface area (Å²) in [6, 6.07) is 2.27. The van der Waals surface area contributed by atoms with Crippen LogP contribution in [0.5, 0.6) is 0 Å². The SMILES string of the molecule is Cc1cnc(Cl)nc1C(C#N)c1nc(C(C)(C)C)cs1. The van der Waals surface area contributed by atoms with Crippen molar-refractivity contribution in [3.63, 3.8) is 0 Å². The van der Waals surface area contributed by atoms with E-state index in [1.807, 2.05) is 12.3 Å². The maximum Gasteiger partial charge on any atom is 0.222 e. The molecular weight excluding hydrogens is 292 g/mol. The number of aryl methyl sites for hydroxylation is 1. The number of thiazole rings is 1. The molecule has 2 aromatic heterocycles. The van der Waals surface area contributed by atoms with Gasteiger partial charge >= 0.3 is 0 Å². The first-order chi connectivity index (χ1) is 9.32. The third-order valence-corrected chi connectivity index (χ3v) is 4.01. The first-order valence-corrected chi connectivity index (χ1v) is 7.43. The van der Waals surface area contributed by atoms with Crippen LogP contribution >= 0.6 is 22.9 Å². The van der Waals surface area contributed by atoms with Crippen LogP contribution in [0.15, 0.2) is 11.6 Å². The zero-order chi connectivity index (χ0) is 14.9. The molecule has 6 heteroatoms. The number of hydrogen-bond acceptors (Lipinski definition) is 5. The van der Waals surface area contributed by atoms with E-state index in [2.05, 4.69) is 41.8 Å². The van der Waals surface area contributed by atoms with Crippen LogP contribution in [0, 0.1) is 18.3 Å². The van der Waals surface area contributed by atoms with Gasteiger partial charge in [0.15, 0.2) is 0 Å². The lowest BCUT2D eigenvalue weighted by Gasteiger charge is -2.14. The molecule has 1 unspecified atom stereocenters. The van der Waals surface area contributed by atoms with Gasteiger partial charge in [0.25, 0.3) is 0 Å². The largest absolute Gasteiger partial charge is 0.244 e. The quantitative estimate of drug-likeness (QED) is 0.791. The Morgan fingerprint density at radius 3 is 2.60 bits per heavy atom. The monoisotopic (exact) mass is 306 g/mol. The molecule has 0 radical (unpaired) electrons. The van der Waals surface area contributed by atoms with Crippen molar-refractivity contribution in [1.29, 1.82) is 5.26 Å². The first kappa shape index (κ1) is 14.9. The Kier molecular flexibility index (Phi) is 4.07. The Labute approximate surface area is 127 Å². The summed E-state index contributed by atoms with van der Waals surface area (Å²) >= 11 is 7.32. The molecular formula is C14H15ClN4S. The summed E-state index contributed by atoms with van der Waals surface area (Å²) in [4.78, 5) is 12.7. The fourth-order valence-corrected chi connectivity index (χ4v) is 2.95. The van der Waals surface area contributed by atoms with Gasteiger partial charge in [0.05, 0.1) is 17.5 Å². The molecule has 2 heterocycles. The summed E-state index contributed by atoms with van der Waals surface area (Å²) < 4.78 is 0. The maximum absolute atomic E-state index is 9.47. The van der Waals surface area contributed by atoms with Gasteiger partial charge in [0.1, 0.15) is 10.9 Å². The summed E-state index contributed by atoms with van der Waals surface area (Å²) in [6.07, 6.45) is 1.63. The molecule has 0 fully saturated rings. The zero-order valence-electron chi connectivity index (χ0n) is 11.8. The number of nitrogens with zero attached hydrogens (tertiary/aromatic N) is 4. The van der Waals surface area contributed by atoms with Crippen LogP contribution in [-0.2, 0) is 5.41 Å². The molecule has 0 N–H and O–H groups in total. The number of rotatable bonds is 2. The van der Waals surface area contributed by atoms with E-state index in [9.17, 15) is 5.26 Å². The van der Waals surface area contributed by atoms with Gasteiger partial charge in [-0.25, -0.2) is 15.0 Å². The van der Waals surface area contributed by atoms with Gasteiger partial charge in [0.2, 0.25) is 5.28 Å². The van der Waals surface area contributed by atoms with Crippen molar-refractivity contribution in [2.45, 2.75) is 39.0 Å². The predicted molar refractivity (Wildman–Crippen MR) is 80.0 cm³/mol. The van der Waals surface area contributed by atoms with E-state index >= 15 is 0 Å². The van der Waals surface area contributed by atoms with E-state index in [1.165, 1.54) is 11.3 Å². The third kappa shape index (κ3) is 2.97. The van der Waals surface area contributed by atoms with Gasteiger partial charge < -0.3 is 0 Å². The molecule has 2 aromatic rings. The maximum atomic E-state index is 9.47. The molecule has 0 aliphatic heterocycles. The number of aromatic nitrogens is 3. The second kappa shape index (κ2) is 5.47. The lowest BCUT2D eigenvalue weighted by molar-refractivity contribution is 0.570. The molecule has 0 aromatic carbocycles. The fourth-order valence-electron chi connectivity index (χ4n) is 1.72. The van der Waals surface area contributed by atoms with Crippen molar-refractivity contribution >= 4 is 22.9 Å². The third-order valence-electron chi connectivity index (χ3n) is 2.92. The number of hydrogen-bond donors (Lipinski definition) is 0. The molecule has 0 aliphatic carbocycles. The normalized spacial score (nSPS) is 13.0. The Morgan fingerprint density at radius 1 is 1.35 bits per heavy atom. The highest BCUT2D eigenvalue weighted by molar-refractivity contribution is 7.09. The molecule has 0 amide bonds. The van der Waals surface area contributed by atoms with Crippen molar-refractivity contribution in [3.8, 4) is 6.07 Å². The van der Waals surface area contributed by atoms with Crippen molar-refractivity contribution in [2.75, 3.05) is 0 Å². The lowest BCUT2D eigenvalue weighted by Crippen LogP contribution is -2.12. The molecule has 1 atom stereocenters. The van der Waals surface area contributed by atoms with Crippen molar-refractivity contribution in [3.05, 3.63) is 38.8 Å². The van der Waals surface area contributed by atoms with Crippen LogP contribution in [0.3, 0.4) is 0 Å². The van der Waals surface area contributed by atoms with Crippen LogP contribution in [0.4, 0.5) is 0 Å². The molecule has 0 aliphatic rings. The van der Waals surface area contributed by atoms with Gasteiger partial charge in [0, 0.05) is 17.0 Å². The predicted octanol–water partition coefficient (Wildman–Crippen LogP) is 3.85. The molecule has 4 nitrogen and oxygen atoms in total. The smallest absolute Gasteiger partial charge is 0.222 e. The summed E-state index contributed by atoms with van der Waals surface area (Å²) in [5.41, 5.74) is 2.42. The van der Waals surface area contributed by atoms with Crippen LogP contribution in [0.25, 0.3) is 0 Å². The van der Waals surface area contributed by atoms with E-state index in [4.69, 9.17) is 11.6 Å². The number of halogens is 1. The van der Waals surface area contributed by atoms with Crippen LogP contribution in [0.1, 0.15) is 48.6 Å². The fraction of sp³-hybridized carbons (Fsp3) is 0.429. The Morgan fingerprint density at radius 2 is 2.05 bits per heavy atom. The topological polar surface area (TPSA) is 62.5 Å². The minimum absolute atomic E-state index is 0.0346. The summed E-state index contributed by atoms with van der Waals surface area (Å²) in [5.74, 6) is -0.503. The average molecular weight is 307 g/mol. The van der Waals surface area contributed by atoms with Gasteiger partial charge in [-0.3, -0.25) is 0 Å². The van der Waals surface area contributed by atoms with E-state index < -0.39 is 5.92 Å². The van der Waals surface area contributed by atoms with Crippen molar-refractivity contribution < 1.29 is 0 Å². The molecule has 0 spiro atoms. The highest BCUT2D eigenvalue weighted by atomic mass is 35.5. The standard InChI is InChI=1S/C14H15ClN4S/c1-8-6-17-13(15)19-11(8)9(5-16)12-18-10(7-20-12)14(2,3)4/h6-7,9H,1-4H3. The van der Waals surface area contributed by atoms with Gasteiger partial charge in [-0.1, -0.05) is 20.8 Å².